The van der Waals surface area contributed by atoms with Gasteiger partial charge in [-0.3, -0.25) is 4.79 Å². The van der Waals surface area contributed by atoms with Crippen molar-refractivity contribution in [3.05, 3.63) is 71.8 Å². The Morgan fingerprint density at radius 1 is 1.00 bits per heavy atom. The molecule has 0 radical (unpaired) electrons. The molecule has 0 atom stereocenters. The third-order valence-corrected chi connectivity index (χ3v) is 4.65. The predicted octanol–water partition coefficient (Wildman–Crippen LogP) is 3.26. The van der Waals surface area contributed by atoms with E-state index in [0.29, 0.717) is 4.90 Å². The summed E-state index contributed by atoms with van der Waals surface area (Å²) in [5.74, 6) is -0.0565. The SMILES string of the molecule is CC(=O)/C=C/c1ccc(CS(=O)(=O)c2ccccc2)cc1. The van der Waals surface area contributed by atoms with Gasteiger partial charge in [-0.25, -0.2) is 8.42 Å². The fourth-order valence-electron chi connectivity index (χ4n) is 1.87. The quantitative estimate of drug-likeness (QED) is 0.796. The first-order valence-electron chi connectivity index (χ1n) is 6.53. The van der Waals surface area contributed by atoms with E-state index >= 15 is 0 Å². The zero-order valence-corrected chi connectivity index (χ0v) is 12.5. The van der Waals surface area contributed by atoms with Crippen molar-refractivity contribution in [1.29, 1.82) is 0 Å². The Labute approximate surface area is 124 Å². The van der Waals surface area contributed by atoms with Crippen LogP contribution in [0.15, 0.2) is 65.6 Å². The molecular formula is C17H16O3S. The summed E-state index contributed by atoms with van der Waals surface area (Å²) in [4.78, 5) is 11.2. The summed E-state index contributed by atoms with van der Waals surface area (Å²) in [5.41, 5.74) is 1.59. The van der Waals surface area contributed by atoms with E-state index < -0.39 is 9.84 Å². The Kier molecular flexibility index (Phi) is 4.70. The van der Waals surface area contributed by atoms with Gasteiger partial charge < -0.3 is 0 Å². The van der Waals surface area contributed by atoms with Gasteiger partial charge in [0.05, 0.1) is 10.6 Å². The topological polar surface area (TPSA) is 51.2 Å². The fourth-order valence-corrected chi connectivity index (χ4v) is 3.24. The minimum Gasteiger partial charge on any atom is -0.295 e. The number of benzene rings is 2. The van der Waals surface area contributed by atoms with Crippen LogP contribution in [0.5, 0.6) is 0 Å². The van der Waals surface area contributed by atoms with Gasteiger partial charge in [0.2, 0.25) is 0 Å². The third kappa shape index (κ3) is 4.39. The summed E-state index contributed by atoms with van der Waals surface area (Å²) in [5, 5.41) is 0. The largest absolute Gasteiger partial charge is 0.295 e. The summed E-state index contributed by atoms with van der Waals surface area (Å²) in [6, 6.07) is 15.5. The maximum Gasteiger partial charge on any atom is 0.182 e. The van der Waals surface area contributed by atoms with Gasteiger partial charge in [-0.05, 0) is 36.3 Å². The molecule has 0 N–H and O–H groups in total. The number of ketones is 1. The van der Waals surface area contributed by atoms with Crippen LogP contribution in [-0.4, -0.2) is 14.2 Å². The highest BCUT2D eigenvalue weighted by atomic mass is 32.2. The van der Waals surface area contributed by atoms with Crippen molar-refractivity contribution in [1.82, 2.24) is 0 Å². The first-order chi connectivity index (χ1) is 9.97. The zero-order valence-electron chi connectivity index (χ0n) is 11.7. The van der Waals surface area contributed by atoms with Crippen LogP contribution in [0.1, 0.15) is 18.1 Å². The average Bonchev–Trinajstić information content (AvgIpc) is 2.47. The van der Waals surface area contributed by atoms with Crippen LogP contribution >= 0.6 is 0 Å². The van der Waals surface area contributed by atoms with Crippen LogP contribution in [0.3, 0.4) is 0 Å². The first-order valence-corrected chi connectivity index (χ1v) is 8.18. The van der Waals surface area contributed by atoms with Crippen LogP contribution in [0.4, 0.5) is 0 Å². The summed E-state index contributed by atoms with van der Waals surface area (Å²) < 4.78 is 24.5. The second-order valence-corrected chi connectivity index (χ2v) is 6.75. The van der Waals surface area contributed by atoms with E-state index in [0.717, 1.165) is 11.1 Å². The molecule has 0 unspecified atom stereocenters. The first kappa shape index (κ1) is 15.2. The molecule has 0 aromatic heterocycles. The van der Waals surface area contributed by atoms with Crippen LogP contribution in [-0.2, 0) is 20.4 Å². The van der Waals surface area contributed by atoms with E-state index in [1.807, 2.05) is 0 Å². The Balaban J connectivity index is 2.15. The van der Waals surface area contributed by atoms with Gasteiger partial charge in [-0.1, -0.05) is 48.5 Å². The molecule has 4 heteroatoms. The normalized spacial score (nSPS) is 11.7. The maximum absolute atomic E-state index is 12.2. The molecule has 0 spiro atoms. The fraction of sp³-hybridized carbons (Fsp3) is 0.118. The van der Waals surface area contributed by atoms with Gasteiger partial charge in [0.15, 0.2) is 15.6 Å². The number of sulfone groups is 1. The lowest BCUT2D eigenvalue weighted by Crippen LogP contribution is -2.04. The number of carbonyl (C=O) groups is 1. The van der Waals surface area contributed by atoms with E-state index in [-0.39, 0.29) is 11.5 Å². The molecule has 0 saturated heterocycles. The predicted molar refractivity (Wildman–Crippen MR) is 83.5 cm³/mol. The van der Waals surface area contributed by atoms with E-state index in [9.17, 15) is 13.2 Å². The molecule has 0 saturated carbocycles. The number of rotatable bonds is 5. The number of carbonyl (C=O) groups excluding carboxylic acids is 1. The minimum atomic E-state index is -3.32. The zero-order chi connectivity index (χ0) is 15.3. The molecule has 108 valence electrons. The highest BCUT2D eigenvalue weighted by Crippen LogP contribution is 2.16. The number of hydrogen-bond acceptors (Lipinski definition) is 3. The molecule has 0 aliphatic heterocycles. The molecule has 2 aromatic carbocycles. The summed E-state index contributed by atoms with van der Waals surface area (Å²) in [7, 11) is -3.32. The van der Waals surface area contributed by atoms with Gasteiger partial charge in [0.1, 0.15) is 0 Å². The van der Waals surface area contributed by atoms with Gasteiger partial charge in [-0.15, -0.1) is 0 Å². The molecule has 0 aliphatic rings. The van der Waals surface area contributed by atoms with Crippen LogP contribution < -0.4 is 0 Å². The average molecular weight is 300 g/mol. The van der Waals surface area contributed by atoms with Crippen molar-refractivity contribution in [2.24, 2.45) is 0 Å². The lowest BCUT2D eigenvalue weighted by molar-refractivity contribution is -0.112. The molecular weight excluding hydrogens is 284 g/mol. The molecule has 0 bridgehead atoms. The van der Waals surface area contributed by atoms with Crippen molar-refractivity contribution in [2.45, 2.75) is 17.6 Å². The van der Waals surface area contributed by atoms with Crippen molar-refractivity contribution >= 4 is 21.7 Å². The van der Waals surface area contributed by atoms with E-state index in [2.05, 4.69) is 0 Å². The van der Waals surface area contributed by atoms with Gasteiger partial charge >= 0.3 is 0 Å². The van der Waals surface area contributed by atoms with Crippen molar-refractivity contribution in [2.75, 3.05) is 0 Å². The maximum atomic E-state index is 12.2. The monoisotopic (exact) mass is 300 g/mol. The second kappa shape index (κ2) is 6.50. The molecule has 2 aromatic rings. The molecule has 0 amide bonds. The number of allylic oxidation sites excluding steroid dienone is 1. The smallest absolute Gasteiger partial charge is 0.182 e. The van der Waals surface area contributed by atoms with Crippen LogP contribution in [0, 0.1) is 0 Å². The highest BCUT2D eigenvalue weighted by molar-refractivity contribution is 7.90. The summed E-state index contributed by atoms with van der Waals surface area (Å²) in [6.45, 7) is 1.48. The molecule has 3 nitrogen and oxygen atoms in total. The Hall–Kier alpha value is -2.20. The summed E-state index contributed by atoms with van der Waals surface area (Å²) >= 11 is 0. The van der Waals surface area contributed by atoms with Gasteiger partial charge in [0.25, 0.3) is 0 Å². The Morgan fingerprint density at radius 3 is 2.19 bits per heavy atom. The molecule has 0 heterocycles. The lowest BCUT2D eigenvalue weighted by Gasteiger charge is -2.05. The third-order valence-electron chi connectivity index (χ3n) is 2.95. The van der Waals surface area contributed by atoms with Crippen molar-refractivity contribution in [3.63, 3.8) is 0 Å². The van der Waals surface area contributed by atoms with Crippen molar-refractivity contribution in [3.8, 4) is 0 Å². The van der Waals surface area contributed by atoms with Crippen LogP contribution in [0.25, 0.3) is 6.08 Å². The van der Waals surface area contributed by atoms with Gasteiger partial charge in [-0.2, -0.15) is 0 Å². The molecule has 0 aliphatic carbocycles. The standard InChI is InChI=1S/C17H16O3S/c1-14(18)7-8-15-9-11-16(12-10-15)13-21(19,20)17-5-3-2-4-6-17/h2-12H,13H2,1H3/b8-7+. The summed E-state index contributed by atoms with van der Waals surface area (Å²) in [6.07, 6.45) is 3.19. The highest BCUT2D eigenvalue weighted by Gasteiger charge is 2.14. The van der Waals surface area contributed by atoms with Gasteiger partial charge in [0, 0.05) is 0 Å². The minimum absolute atomic E-state index is 0.0225. The van der Waals surface area contributed by atoms with Crippen LogP contribution in [0.2, 0.25) is 0 Å². The second-order valence-electron chi connectivity index (χ2n) is 4.76. The lowest BCUT2D eigenvalue weighted by atomic mass is 10.1. The van der Waals surface area contributed by atoms with E-state index in [1.54, 1.807) is 60.7 Å². The molecule has 0 fully saturated rings. The van der Waals surface area contributed by atoms with Crippen molar-refractivity contribution < 1.29 is 13.2 Å². The number of hydrogen-bond donors (Lipinski definition) is 0. The Bertz CT molecular complexity index is 742. The molecule has 21 heavy (non-hydrogen) atoms. The van der Waals surface area contributed by atoms with E-state index in [1.165, 1.54) is 13.0 Å². The Morgan fingerprint density at radius 2 is 1.62 bits per heavy atom. The van der Waals surface area contributed by atoms with E-state index in [4.69, 9.17) is 0 Å². The molecule has 2 rings (SSSR count).